The highest BCUT2D eigenvalue weighted by atomic mass is 32.2. The molecule has 0 bridgehead atoms. The molecule has 1 fully saturated rings. The van der Waals surface area contributed by atoms with Gasteiger partial charge in [-0.3, -0.25) is 13.9 Å². The summed E-state index contributed by atoms with van der Waals surface area (Å²) in [5, 5.41) is 3.98. The van der Waals surface area contributed by atoms with Crippen LogP contribution in [0.1, 0.15) is 45.2 Å². The molecule has 0 aliphatic carbocycles. The number of carbonyl (C=O) groups excluding carboxylic acids is 2. The number of hydrogen-bond donors (Lipinski definition) is 2. The number of pyridine rings is 1. The Labute approximate surface area is 247 Å². The number of nitrogens with one attached hydrogen (secondary N) is 2. The van der Waals surface area contributed by atoms with Crippen LogP contribution >= 0.6 is 0 Å². The van der Waals surface area contributed by atoms with E-state index in [2.05, 4.69) is 15.3 Å². The van der Waals surface area contributed by atoms with Gasteiger partial charge in [-0.15, -0.1) is 0 Å². The Hall–Kier alpha value is -4.71. The standard InChI is InChI=1S/C31H30FN5O5S/c1-33-30(38)27-23-15-22(20-7-5-13-37(17-20)31(39)24-14-19-6-4-12-34-29(19)35-24)25(36(2)43(3,40)41)16-26(23)42-28(27)18-8-10-21(32)11-9-18/h4,6,8-12,14-16,20H,5,7,13,17H2,1-3H3,(H,33,38)(H,34,35). The zero-order chi connectivity index (χ0) is 30.5. The molecule has 0 saturated carbocycles. The van der Waals surface area contributed by atoms with Crippen molar-refractivity contribution in [2.24, 2.45) is 0 Å². The molecule has 4 heterocycles. The first-order chi connectivity index (χ1) is 20.5. The first-order valence-electron chi connectivity index (χ1n) is 13.8. The van der Waals surface area contributed by atoms with Crippen molar-refractivity contribution in [3.63, 3.8) is 0 Å². The summed E-state index contributed by atoms with van der Waals surface area (Å²) in [6.45, 7) is 0.886. The predicted molar refractivity (Wildman–Crippen MR) is 162 cm³/mol. The van der Waals surface area contributed by atoms with Crippen molar-refractivity contribution < 1.29 is 26.8 Å². The number of fused-ring (bicyclic) bond motifs is 2. The van der Waals surface area contributed by atoms with Crippen LogP contribution in [-0.2, 0) is 10.0 Å². The molecule has 1 aliphatic rings. The molecule has 0 spiro atoms. The van der Waals surface area contributed by atoms with Gasteiger partial charge in [0.05, 0.1) is 17.5 Å². The van der Waals surface area contributed by atoms with Crippen LogP contribution in [-0.4, -0.2) is 68.5 Å². The van der Waals surface area contributed by atoms with Gasteiger partial charge in [0, 0.05) is 61.7 Å². The first kappa shape index (κ1) is 28.4. The van der Waals surface area contributed by atoms with E-state index in [9.17, 15) is 22.4 Å². The Kier molecular flexibility index (Phi) is 7.17. The minimum Gasteiger partial charge on any atom is -0.455 e. The molecular weight excluding hydrogens is 573 g/mol. The molecule has 3 aromatic heterocycles. The van der Waals surface area contributed by atoms with Gasteiger partial charge in [0.15, 0.2) is 0 Å². The summed E-state index contributed by atoms with van der Waals surface area (Å²) in [7, 11) is -0.705. The molecule has 1 atom stereocenters. The Bertz CT molecular complexity index is 1950. The van der Waals surface area contributed by atoms with E-state index in [4.69, 9.17) is 4.42 Å². The fraction of sp³-hybridized carbons (Fsp3) is 0.258. The second kappa shape index (κ2) is 10.8. The number of hydrogen-bond acceptors (Lipinski definition) is 6. The lowest BCUT2D eigenvalue weighted by Crippen LogP contribution is -2.39. The van der Waals surface area contributed by atoms with Gasteiger partial charge in [-0.25, -0.2) is 17.8 Å². The highest BCUT2D eigenvalue weighted by molar-refractivity contribution is 7.92. The third-order valence-corrected chi connectivity index (χ3v) is 9.20. The summed E-state index contributed by atoms with van der Waals surface area (Å²) in [6, 6.07) is 14.5. The fourth-order valence-corrected chi connectivity index (χ4v) is 6.26. The molecule has 0 radical (unpaired) electrons. The number of aromatic amines is 1. The van der Waals surface area contributed by atoms with Crippen molar-refractivity contribution >= 4 is 49.5 Å². The summed E-state index contributed by atoms with van der Waals surface area (Å²) in [6.07, 6.45) is 4.17. The minimum absolute atomic E-state index is 0.172. The second-order valence-electron chi connectivity index (χ2n) is 10.7. The van der Waals surface area contributed by atoms with E-state index in [0.717, 1.165) is 11.6 Å². The van der Waals surface area contributed by atoms with Gasteiger partial charge in [0.2, 0.25) is 10.0 Å². The predicted octanol–water partition coefficient (Wildman–Crippen LogP) is 4.89. The molecule has 2 N–H and O–H groups in total. The van der Waals surface area contributed by atoms with Crippen LogP contribution in [0.5, 0.6) is 0 Å². The quantitative estimate of drug-likeness (QED) is 0.284. The minimum atomic E-state index is -3.68. The molecule has 222 valence electrons. The van der Waals surface area contributed by atoms with Crippen LogP contribution in [0.3, 0.4) is 0 Å². The second-order valence-corrected chi connectivity index (χ2v) is 12.8. The third kappa shape index (κ3) is 5.22. The van der Waals surface area contributed by atoms with Crippen molar-refractivity contribution in [3.05, 3.63) is 83.4 Å². The largest absolute Gasteiger partial charge is 0.455 e. The van der Waals surface area contributed by atoms with Crippen LogP contribution in [0.2, 0.25) is 0 Å². The molecule has 1 aliphatic heterocycles. The molecule has 1 saturated heterocycles. The zero-order valence-corrected chi connectivity index (χ0v) is 24.7. The summed E-state index contributed by atoms with van der Waals surface area (Å²) < 4.78 is 46.5. The summed E-state index contributed by atoms with van der Waals surface area (Å²) in [4.78, 5) is 35.9. The number of piperidine rings is 1. The van der Waals surface area contributed by atoms with Crippen molar-refractivity contribution in [1.29, 1.82) is 0 Å². The number of benzene rings is 2. The molecule has 12 heteroatoms. The number of sulfonamides is 1. The van der Waals surface area contributed by atoms with Crippen LogP contribution in [0.4, 0.5) is 10.1 Å². The molecule has 43 heavy (non-hydrogen) atoms. The van der Waals surface area contributed by atoms with Crippen LogP contribution in [0.15, 0.2) is 65.2 Å². The maximum absolute atomic E-state index is 13.7. The number of likely N-dealkylation sites (tertiary alicyclic amines) is 1. The van der Waals surface area contributed by atoms with Gasteiger partial charge in [-0.2, -0.15) is 0 Å². The van der Waals surface area contributed by atoms with Gasteiger partial charge in [0.25, 0.3) is 11.8 Å². The lowest BCUT2D eigenvalue weighted by atomic mass is 9.88. The third-order valence-electron chi connectivity index (χ3n) is 8.01. The maximum Gasteiger partial charge on any atom is 0.270 e. The summed E-state index contributed by atoms with van der Waals surface area (Å²) >= 11 is 0. The Morgan fingerprint density at radius 2 is 1.93 bits per heavy atom. The van der Waals surface area contributed by atoms with Crippen LogP contribution in [0, 0.1) is 5.82 Å². The lowest BCUT2D eigenvalue weighted by Gasteiger charge is -2.34. The van der Waals surface area contributed by atoms with Crippen molar-refractivity contribution in [3.8, 4) is 11.3 Å². The summed E-state index contributed by atoms with van der Waals surface area (Å²) in [5.41, 5.74) is 3.19. The number of amides is 2. The number of aromatic nitrogens is 2. The fourth-order valence-electron chi connectivity index (χ4n) is 5.74. The number of nitrogens with zero attached hydrogens (tertiary/aromatic N) is 3. The lowest BCUT2D eigenvalue weighted by molar-refractivity contribution is 0.0702. The molecule has 5 aromatic rings. The van der Waals surface area contributed by atoms with Crippen LogP contribution < -0.4 is 9.62 Å². The van der Waals surface area contributed by atoms with E-state index >= 15 is 0 Å². The molecule has 6 rings (SSSR count). The van der Waals surface area contributed by atoms with Gasteiger partial charge < -0.3 is 19.6 Å². The van der Waals surface area contributed by atoms with Gasteiger partial charge in [-0.05, 0) is 66.9 Å². The van der Waals surface area contributed by atoms with E-state index in [1.165, 1.54) is 42.7 Å². The number of carbonyl (C=O) groups is 2. The first-order valence-corrected chi connectivity index (χ1v) is 15.7. The van der Waals surface area contributed by atoms with E-state index in [-0.39, 0.29) is 23.1 Å². The maximum atomic E-state index is 13.7. The van der Waals surface area contributed by atoms with Gasteiger partial charge >= 0.3 is 0 Å². The highest BCUT2D eigenvalue weighted by Crippen LogP contribution is 2.42. The monoisotopic (exact) mass is 603 g/mol. The smallest absolute Gasteiger partial charge is 0.270 e. The number of anilines is 1. The molecular formula is C31H30FN5O5S. The molecule has 10 nitrogen and oxygen atoms in total. The Morgan fingerprint density at radius 3 is 2.63 bits per heavy atom. The summed E-state index contributed by atoms with van der Waals surface area (Å²) in [5.74, 6) is -0.991. The van der Waals surface area contributed by atoms with Gasteiger partial charge in [0.1, 0.15) is 28.5 Å². The van der Waals surface area contributed by atoms with Gasteiger partial charge in [-0.1, -0.05) is 0 Å². The Balaban J connectivity index is 1.46. The Morgan fingerprint density at radius 1 is 1.16 bits per heavy atom. The van der Waals surface area contributed by atoms with E-state index in [1.54, 1.807) is 29.3 Å². The molecule has 2 aromatic carbocycles. The number of rotatable bonds is 6. The van der Waals surface area contributed by atoms with Crippen molar-refractivity contribution in [2.45, 2.75) is 18.8 Å². The van der Waals surface area contributed by atoms with Crippen LogP contribution in [0.25, 0.3) is 33.3 Å². The van der Waals surface area contributed by atoms with E-state index in [0.29, 0.717) is 65.1 Å². The van der Waals surface area contributed by atoms with Crippen molar-refractivity contribution in [1.82, 2.24) is 20.2 Å². The topological polar surface area (TPSA) is 129 Å². The van der Waals surface area contributed by atoms with E-state index < -0.39 is 21.7 Å². The highest BCUT2D eigenvalue weighted by Gasteiger charge is 2.32. The zero-order valence-electron chi connectivity index (χ0n) is 23.8. The average molecular weight is 604 g/mol. The van der Waals surface area contributed by atoms with Crippen molar-refractivity contribution in [2.75, 3.05) is 37.7 Å². The number of halogens is 1. The number of H-pyrrole nitrogens is 1. The van der Waals surface area contributed by atoms with E-state index in [1.807, 2.05) is 12.1 Å². The normalized spacial score (nSPS) is 15.6. The average Bonchev–Trinajstić information content (AvgIpc) is 3.61. The molecule has 2 amide bonds. The number of furan rings is 1. The SMILES string of the molecule is CNC(=O)c1c(-c2ccc(F)cc2)oc2cc(N(C)S(C)(=O)=O)c(C3CCCN(C(=O)c4cc5cccnc5[nH]4)C3)cc12. The molecule has 1 unspecified atom stereocenters.